The van der Waals surface area contributed by atoms with Crippen molar-refractivity contribution in [2.45, 2.75) is 5.66 Å². The summed E-state index contributed by atoms with van der Waals surface area (Å²) < 4.78 is 32.8. The maximum absolute atomic E-state index is 11.7. The molecule has 0 saturated heterocycles. The molecule has 5 heteroatoms. The van der Waals surface area contributed by atoms with E-state index in [-0.39, 0.29) is 10.6 Å². The van der Waals surface area contributed by atoms with Crippen LogP contribution in [0.2, 0.25) is 0 Å². The fourth-order valence-corrected chi connectivity index (χ4v) is 6.44. The number of hydrogen-bond acceptors (Lipinski definition) is 2. The Morgan fingerprint density at radius 1 is 0.864 bits per heavy atom. The van der Waals surface area contributed by atoms with Crippen molar-refractivity contribution in [1.29, 1.82) is 0 Å². The molecule has 1 aliphatic carbocycles. The normalized spacial score (nSPS) is 17.7. The summed E-state index contributed by atoms with van der Waals surface area (Å²) in [6.07, 6.45) is 5.05. The Balaban J connectivity index is 2.12. The minimum atomic E-state index is -4.20. The molecule has 112 valence electrons. The molecule has 2 aromatic carbocycles. The molecule has 1 aliphatic rings. The topological polar surface area (TPSA) is 54.4 Å². The minimum Gasteiger partial charge on any atom is -0.282 e. The van der Waals surface area contributed by atoms with Gasteiger partial charge in [-0.3, -0.25) is 4.55 Å². The smallest absolute Gasteiger partial charge is 0.282 e. The van der Waals surface area contributed by atoms with E-state index in [0.717, 1.165) is 10.6 Å². The Kier molecular flexibility index (Phi) is 4.25. The van der Waals surface area contributed by atoms with Gasteiger partial charge in [-0.2, -0.15) is 8.42 Å². The molecule has 3 rings (SSSR count). The summed E-state index contributed by atoms with van der Waals surface area (Å²) in [5.41, 5.74) is -0.338. The van der Waals surface area contributed by atoms with Crippen LogP contribution >= 0.6 is 7.92 Å². The molecular formula is C17H15O3PS. The van der Waals surface area contributed by atoms with E-state index in [1.54, 1.807) is 6.08 Å². The van der Waals surface area contributed by atoms with Crippen molar-refractivity contribution < 1.29 is 13.0 Å². The van der Waals surface area contributed by atoms with Gasteiger partial charge in [0.05, 0.1) is 4.91 Å². The summed E-state index contributed by atoms with van der Waals surface area (Å²) in [4.78, 5) is 0.0753. The van der Waals surface area contributed by atoms with Crippen LogP contribution in [-0.4, -0.2) is 18.6 Å². The Morgan fingerprint density at radius 3 is 1.82 bits per heavy atom. The summed E-state index contributed by atoms with van der Waals surface area (Å²) in [7, 11) is -5.15. The average molecular weight is 330 g/mol. The lowest BCUT2D eigenvalue weighted by molar-refractivity contribution is 0.490. The number of rotatable bonds is 4. The standard InChI is InChI=1S/C17H15O3PS/c18-22(19,20)17-13-7-12-16(17)21(14-8-3-1-4-9-14)15-10-5-2-6-11-15/h1-13,16H,(H,18,19,20). The first-order valence-electron chi connectivity index (χ1n) is 6.82. The van der Waals surface area contributed by atoms with E-state index < -0.39 is 18.0 Å². The molecule has 0 heterocycles. The number of allylic oxidation sites excluding steroid dienone is 4. The van der Waals surface area contributed by atoms with Gasteiger partial charge in [-0.15, -0.1) is 0 Å². The average Bonchev–Trinajstić information content (AvgIpc) is 2.99. The fraction of sp³-hybridized carbons (Fsp3) is 0.0588. The summed E-state index contributed by atoms with van der Waals surface area (Å²) in [6, 6.07) is 19.7. The van der Waals surface area contributed by atoms with Gasteiger partial charge in [0.25, 0.3) is 10.1 Å². The second-order valence-electron chi connectivity index (χ2n) is 4.91. The molecule has 1 N–H and O–H groups in total. The molecule has 2 aromatic rings. The highest BCUT2D eigenvalue weighted by Gasteiger charge is 2.33. The second-order valence-corrected chi connectivity index (χ2v) is 8.67. The third-order valence-electron chi connectivity index (χ3n) is 3.49. The van der Waals surface area contributed by atoms with Crippen LogP contribution in [0.4, 0.5) is 0 Å². The zero-order valence-electron chi connectivity index (χ0n) is 11.7. The van der Waals surface area contributed by atoms with E-state index in [1.165, 1.54) is 6.08 Å². The first-order valence-corrected chi connectivity index (χ1v) is 9.68. The zero-order valence-corrected chi connectivity index (χ0v) is 13.4. The SMILES string of the molecule is O=S(=O)(O)C1=CC=CC1P(c1ccccc1)c1ccccc1. The van der Waals surface area contributed by atoms with Crippen molar-refractivity contribution in [3.05, 3.63) is 83.8 Å². The van der Waals surface area contributed by atoms with Crippen molar-refractivity contribution in [3.8, 4) is 0 Å². The third kappa shape index (κ3) is 3.05. The molecule has 3 nitrogen and oxygen atoms in total. The van der Waals surface area contributed by atoms with Crippen molar-refractivity contribution >= 4 is 28.6 Å². The van der Waals surface area contributed by atoms with E-state index in [4.69, 9.17) is 0 Å². The molecule has 0 spiro atoms. The molecular weight excluding hydrogens is 315 g/mol. The lowest BCUT2D eigenvalue weighted by Crippen LogP contribution is -2.23. The highest BCUT2D eigenvalue weighted by molar-refractivity contribution is 7.91. The van der Waals surface area contributed by atoms with Crippen molar-refractivity contribution in [2.24, 2.45) is 0 Å². The van der Waals surface area contributed by atoms with Crippen LogP contribution in [0, 0.1) is 0 Å². The Labute approximate surface area is 131 Å². The van der Waals surface area contributed by atoms with Crippen LogP contribution in [0.5, 0.6) is 0 Å². The van der Waals surface area contributed by atoms with Gasteiger partial charge < -0.3 is 0 Å². The Hall–Kier alpha value is -1.74. The second kappa shape index (κ2) is 6.17. The molecule has 0 amide bonds. The van der Waals surface area contributed by atoms with Crippen LogP contribution < -0.4 is 10.6 Å². The Bertz CT molecular complexity index is 772. The monoisotopic (exact) mass is 330 g/mol. The summed E-state index contributed by atoms with van der Waals surface area (Å²) in [6.45, 7) is 0. The number of benzene rings is 2. The van der Waals surface area contributed by atoms with Crippen LogP contribution in [0.3, 0.4) is 0 Å². The van der Waals surface area contributed by atoms with E-state index >= 15 is 0 Å². The molecule has 0 aromatic heterocycles. The molecule has 1 unspecified atom stereocenters. The van der Waals surface area contributed by atoms with Gasteiger partial charge in [-0.05, 0) is 24.6 Å². The predicted molar refractivity (Wildman–Crippen MR) is 91.6 cm³/mol. The van der Waals surface area contributed by atoms with Gasteiger partial charge in [0, 0.05) is 5.66 Å². The van der Waals surface area contributed by atoms with E-state index in [9.17, 15) is 13.0 Å². The van der Waals surface area contributed by atoms with Crippen molar-refractivity contribution in [2.75, 3.05) is 0 Å². The third-order valence-corrected chi connectivity index (χ3v) is 7.37. The number of hydrogen-bond donors (Lipinski definition) is 1. The van der Waals surface area contributed by atoms with Crippen LogP contribution in [-0.2, 0) is 10.1 Å². The lowest BCUT2D eigenvalue weighted by Gasteiger charge is -2.25. The lowest BCUT2D eigenvalue weighted by atomic mass is 10.4. The van der Waals surface area contributed by atoms with Crippen LogP contribution in [0.25, 0.3) is 0 Å². The van der Waals surface area contributed by atoms with Gasteiger partial charge in [0.2, 0.25) is 0 Å². The molecule has 0 bridgehead atoms. The van der Waals surface area contributed by atoms with Gasteiger partial charge >= 0.3 is 0 Å². The van der Waals surface area contributed by atoms with Gasteiger partial charge in [-0.1, -0.05) is 72.8 Å². The first-order chi connectivity index (χ1) is 10.6. The zero-order chi connectivity index (χ0) is 15.6. The molecule has 1 atom stereocenters. The summed E-state index contributed by atoms with van der Waals surface area (Å²) in [5.74, 6) is 0. The van der Waals surface area contributed by atoms with E-state index in [0.29, 0.717) is 0 Å². The summed E-state index contributed by atoms with van der Waals surface area (Å²) >= 11 is 0. The Morgan fingerprint density at radius 2 is 1.36 bits per heavy atom. The molecule has 0 saturated carbocycles. The quantitative estimate of drug-likeness (QED) is 0.693. The molecule has 0 aliphatic heterocycles. The van der Waals surface area contributed by atoms with Crippen LogP contribution in [0.15, 0.2) is 83.8 Å². The minimum absolute atomic E-state index is 0.0753. The van der Waals surface area contributed by atoms with Crippen molar-refractivity contribution in [3.63, 3.8) is 0 Å². The molecule has 22 heavy (non-hydrogen) atoms. The van der Waals surface area contributed by atoms with Gasteiger partial charge in [0.1, 0.15) is 0 Å². The fourth-order valence-electron chi connectivity index (χ4n) is 2.55. The molecule has 0 fully saturated rings. The highest BCUT2D eigenvalue weighted by Crippen LogP contribution is 2.46. The first kappa shape index (κ1) is 15.2. The largest absolute Gasteiger partial charge is 0.291 e. The van der Waals surface area contributed by atoms with Gasteiger partial charge in [-0.25, -0.2) is 0 Å². The van der Waals surface area contributed by atoms with E-state index in [2.05, 4.69) is 0 Å². The van der Waals surface area contributed by atoms with Gasteiger partial charge in [0.15, 0.2) is 0 Å². The molecule has 0 radical (unpaired) electrons. The maximum atomic E-state index is 11.7. The van der Waals surface area contributed by atoms with Crippen molar-refractivity contribution in [1.82, 2.24) is 0 Å². The predicted octanol–water partition coefficient (Wildman–Crippen LogP) is 2.83. The highest BCUT2D eigenvalue weighted by atomic mass is 32.2. The van der Waals surface area contributed by atoms with E-state index in [1.807, 2.05) is 66.7 Å². The maximum Gasteiger partial charge on any atom is 0.291 e. The summed E-state index contributed by atoms with van der Waals surface area (Å²) in [5, 5.41) is 2.16. The van der Waals surface area contributed by atoms with Crippen LogP contribution in [0.1, 0.15) is 0 Å².